The van der Waals surface area contributed by atoms with Crippen molar-refractivity contribution in [3.8, 4) is 17.3 Å². The first-order valence-corrected chi connectivity index (χ1v) is 6.96. The molecule has 2 heterocycles. The maximum absolute atomic E-state index is 13.9. The van der Waals surface area contributed by atoms with Crippen LogP contribution in [-0.4, -0.2) is 19.7 Å². The fourth-order valence-electron chi connectivity index (χ4n) is 2.13. The van der Waals surface area contributed by atoms with Gasteiger partial charge in [0.05, 0.1) is 23.5 Å². The molecule has 2 aromatic heterocycles. The number of hydrogen-bond acceptors (Lipinski definition) is 4. The summed E-state index contributed by atoms with van der Waals surface area (Å²) in [6, 6.07) is 5.38. The summed E-state index contributed by atoms with van der Waals surface area (Å²) in [5.41, 5.74) is 1.14. The molecular formula is C17H11F2N5. The number of hydrogen-bond donors (Lipinski definition) is 0. The Labute approximate surface area is 136 Å². The lowest BCUT2D eigenvalue weighted by Crippen LogP contribution is -1.92. The first-order valence-electron chi connectivity index (χ1n) is 6.96. The zero-order valence-electron chi connectivity index (χ0n) is 12.6. The number of nitrogens with zero attached hydrogens (tertiary/aromatic N) is 5. The molecule has 0 spiro atoms. The van der Waals surface area contributed by atoms with Crippen LogP contribution in [0.15, 0.2) is 36.8 Å². The standard InChI is InChI=1S/C17H11F2N5/c1-24-10-12(9-22-24)16-4-5-21-17(23-16)3-2-13-14(18)6-11(8-20)7-15(13)19/h2-7,9-10H,1H3. The van der Waals surface area contributed by atoms with E-state index in [0.29, 0.717) is 11.5 Å². The van der Waals surface area contributed by atoms with E-state index in [1.165, 1.54) is 12.2 Å². The molecule has 0 aliphatic rings. The van der Waals surface area contributed by atoms with Crippen molar-refractivity contribution in [1.29, 1.82) is 5.26 Å². The topological polar surface area (TPSA) is 67.4 Å². The van der Waals surface area contributed by atoms with E-state index in [1.807, 2.05) is 0 Å². The van der Waals surface area contributed by atoms with Crippen molar-refractivity contribution < 1.29 is 8.78 Å². The number of aryl methyl sites for hydroxylation is 1. The van der Waals surface area contributed by atoms with Gasteiger partial charge in [-0.3, -0.25) is 4.68 Å². The third-order valence-corrected chi connectivity index (χ3v) is 3.28. The summed E-state index contributed by atoms with van der Waals surface area (Å²) < 4.78 is 29.4. The Hall–Kier alpha value is -3.40. The van der Waals surface area contributed by atoms with Gasteiger partial charge in [0.15, 0.2) is 5.82 Å². The number of aromatic nitrogens is 4. The van der Waals surface area contributed by atoms with Crippen molar-refractivity contribution in [3.05, 3.63) is 65.4 Å². The Morgan fingerprint density at radius 2 is 1.96 bits per heavy atom. The van der Waals surface area contributed by atoms with E-state index in [0.717, 1.165) is 17.7 Å². The van der Waals surface area contributed by atoms with Crippen LogP contribution in [0.3, 0.4) is 0 Å². The highest BCUT2D eigenvalue weighted by atomic mass is 19.1. The number of halogens is 2. The Morgan fingerprint density at radius 3 is 2.58 bits per heavy atom. The van der Waals surface area contributed by atoms with Crippen molar-refractivity contribution in [1.82, 2.24) is 19.7 Å². The van der Waals surface area contributed by atoms with Gasteiger partial charge in [0, 0.05) is 30.6 Å². The highest BCUT2D eigenvalue weighted by Gasteiger charge is 2.09. The first kappa shape index (κ1) is 15.5. The van der Waals surface area contributed by atoms with E-state index >= 15 is 0 Å². The van der Waals surface area contributed by atoms with Gasteiger partial charge in [-0.1, -0.05) is 0 Å². The molecule has 7 heteroatoms. The molecule has 0 unspecified atom stereocenters. The second kappa shape index (κ2) is 6.38. The van der Waals surface area contributed by atoms with Gasteiger partial charge in [-0.05, 0) is 30.4 Å². The summed E-state index contributed by atoms with van der Waals surface area (Å²) in [5.74, 6) is -1.32. The van der Waals surface area contributed by atoms with Crippen molar-refractivity contribution >= 4 is 12.2 Å². The second-order valence-electron chi connectivity index (χ2n) is 5.00. The summed E-state index contributed by atoms with van der Waals surface area (Å²) in [5, 5.41) is 12.8. The van der Waals surface area contributed by atoms with Crippen LogP contribution in [0.2, 0.25) is 0 Å². The SMILES string of the molecule is Cn1cc(-c2ccnc(C=Cc3c(F)cc(C#N)cc3F)n2)cn1. The lowest BCUT2D eigenvalue weighted by Gasteiger charge is -2.01. The van der Waals surface area contributed by atoms with Gasteiger partial charge in [-0.2, -0.15) is 10.4 Å². The molecule has 5 nitrogen and oxygen atoms in total. The zero-order chi connectivity index (χ0) is 17.1. The molecule has 0 aliphatic heterocycles. The second-order valence-corrected chi connectivity index (χ2v) is 5.00. The summed E-state index contributed by atoms with van der Waals surface area (Å²) in [6.07, 6.45) is 7.67. The Balaban J connectivity index is 1.92. The summed E-state index contributed by atoms with van der Waals surface area (Å²) >= 11 is 0. The number of rotatable bonds is 3. The van der Waals surface area contributed by atoms with Gasteiger partial charge >= 0.3 is 0 Å². The molecule has 0 atom stereocenters. The monoisotopic (exact) mass is 323 g/mol. The van der Waals surface area contributed by atoms with Gasteiger partial charge in [0.25, 0.3) is 0 Å². The molecule has 0 amide bonds. The molecular weight excluding hydrogens is 312 g/mol. The first-order chi connectivity index (χ1) is 11.6. The largest absolute Gasteiger partial charge is 0.275 e. The van der Waals surface area contributed by atoms with E-state index < -0.39 is 11.6 Å². The van der Waals surface area contributed by atoms with E-state index in [9.17, 15) is 8.78 Å². The molecule has 24 heavy (non-hydrogen) atoms. The highest BCUT2D eigenvalue weighted by Crippen LogP contribution is 2.19. The highest BCUT2D eigenvalue weighted by molar-refractivity contribution is 5.69. The lowest BCUT2D eigenvalue weighted by atomic mass is 10.1. The Morgan fingerprint density at radius 1 is 1.21 bits per heavy atom. The molecule has 3 aromatic rings. The number of benzene rings is 1. The van der Waals surface area contributed by atoms with Gasteiger partial charge in [-0.25, -0.2) is 18.7 Å². The van der Waals surface area contributed by atoms with E-state index in [2.05, 4.69) is 15.1 Å². The van der Waals surface area contributed by atoms with E-state index in [-0.39, 0.29) is 11.1 Å². The molecule has 0 fully saturated rings. The Bertz CT molecular complexity index is 946. The van der Waals surface area contributed by atoms with E-state index in [4.69, 9.17) is 5.26 Å². The minimum atomic E-state index is -0.814. The molecule has 0 saturated heterocycles. The molecule has 0 saturated carbocycles. The Kier molecular flexibility index (Phi) is 4.12. The third kappa shape index (κ3) is 3.17. The minimum Gasteiger partial charge on any atom is -0.275 e. The normalized spacial score (nSPS) is 10.9. The predicted molar refractivity (Wildman–Crippen MR) is 84.2 cm³/mol. The van der Waals surface area contributed by atoms with Crippen LogP contribution in [0.1, 0.15) is 17.0 Å². The van der Waals surface area contributed by atoms with Crippen LogP contribution in [0.4, 0.5) is 8.78 Å². The van der Waals surface area contributed by atoms with Crippen molar-refractivity contribution in [2.45, 2.75) is 0 Å². The fourth-order valence-corrected chi connectivity index (χ4v) is 2.13. The average Bonchev–Trinajstić information content (AvgIpc) is 3.00. The predicted octanol–water partition coefficient (Wildman–Crippen LogP) is 3.20. The molecule has 0 radical (unpaired) electrons. The van der Waals surface area contributed by atoms with Gasteiger partial charge < -0.3 is 0 Å². The van der Waals surface area contributed by atoms with Gasteiger partial charge in [0.1, 0.15) is 11.6 Å². The molecule has 1 aromatic carbocycles. The minimum absolute atomic E-state index is 0.0722. The van der Waals surface area contributed by atoms with Crippen LogP contribution in [0, 0.1) is 23.0 Å². The van der Waals surface area contributed by atoms with Crippen LogP contribution in [-0.2, 0) is 7.05 Å². The zero-order valence-corrected chi connectivity index (χ0v) is 12.6. The van der Waals surface area contributed by atoms with Crippen molar-refractivity contribution in [3.63, 3.8) is 0 Å². The van der Waals surface area contributed by atoms with Crippen LogP contribution in [0.5, 0.6) is 0 Å². The molecule has 0 bridgehead atoms. The maximum Gasteiger partial charge on any atom is 0.152 e. The molecule has 118 valence electrons. The average molecular weight is 323 g/mol. The summed E-state index contributed by atoms with van der Waals surface area (Å²) in [4.78, 5) is 8.37. The summed E-state index contributed by atoms with van der Waals surface area (Å²) in [7, 11) is 1.79. The van der Waals surface area contributed by atoms with Crippen molar-refractivity contribution in [2.75, 3.05) is 0 Å². The lowest BCUT2D eigenvalue weighted by molar-refractivity contribution is 0.578. The molecule has 3 rings (SSSR count). The number of nitriles is 1. The fraction of sp³-hybridized carbons (Fsp3) is 0.0588. The summed E-state index contributed by atoms with van der Waals surface area (Å²) in [6.45, 7) is 0. The quantitative estimate of drug-likeness (QED) is 0.742. The van der Waals surface area contributed by atoms with Crippen LogP contribution >= 0.6 is 0 Å². The van der Waals surface area contributed by atoms with E-state index in [1.54, 1.807) is 42.5 Å². The molecule has 0 aliphatic carbocycles. The van der Waals surface area contributed by atoms with Gasteiger partial charge in [-0.15, -0.1) is 0 Å². The third-order valence-electron chi connectivity index (χ3n) is 3.28. The van der Waals surface area contributed by atoms with Crippen molar-refractivity contribution in [2.24, 2.45) is 7.05 Å². The van der Waals surface area contributed by atoms with Crippen LogP contribution in [0.25, 0.3) is 23.4 Å². The molecule has 0 N–H and O–H groups in total. The van der Waals surface area contributed by atoms with Crippen LogP contribution < -0.4 is 0 Å². The maximum atomic E-state index is 13.9. The van der Waals surface area contributed by atoms with Gasteiger partial charge in [0.2, 0.25) is 0 Å². The smallest absolute Gasteiger partial charge is 0.152 e.